The van der Waals surface area contributed by atoms with Crippen molar-refractivity contribution in [2.45, 2.75) is 39.0 Å². The number of unbranched alkanes of at least 4 members (excludes halogenated alkanes) is 2. The van der Waals surface area contributed by atoms with Gasteiger partial charge in [0, 0.05) is 20.1 Å². The molecule has 0 radical (unpaired) electrons. The maximum Gasteiger partial charge on any atom is 0.279 e. The van der Waals surface area contributed by atoms with Gasteiger partial charge < -0.3 is 5.32 Å². The summed E-state index contributed by atoms with van der Waals surface area (Å²) in [5, 5.41) is 3.27. The summed E-state index contributed by atoms with van der Waals surface area (Å²) in [5.74, 6) is 1.15. The summed E-state index contributed by atoms with van der Waals surface area (Å²) in [4.78, 5) is 0. The molecule has 0 aliphatic carbocycles. The van der Waals surface area contributed by atoms with Crippen LogP contribution in [0, 0.1) is 0 Å². The molecule has 0 aromatic heterocycles. The smallest absolute Gasteiger partial charge is 0.279 e. The summed E-state index contributed by atoms with van der Waals surface area (Å²) in [5.41, 5.74) is 0. The van der Waals surface area contributed by atoms with E-state index >= 15 is 0 Å². The van der Waals surface area contributed by atoms with Gasteiger partial charge >= 0.3 is 0 Å². The first-order valence-electron chi connectivity index (χ1n) is 7.45. The normalized spacial score (nSPS) is 12.2. The van der Waals surface area contributed by atoms with Crippen LogP contribution in [-0.4, -0.2) is 58.0 Å². The Labute approximate surface area is 129 Å². The number of hydrogen-bond donors (Lipinski definition) is 2. The van der Waals surface area contributed by atoms with E-state index in [2.05, 4.69) is 23.2 Å². The highest BCUT2D eigenvalue weighted by Crippen LogP contribution is 2.02. The second kappa shape index (κ2) is 12.9. The topological polar surface area (TPSA) is 61.4 Å². The van der Waals surface area contributed by atoms with Gasteiger partial charge in [-0.05, 0) is 50.8 Å². The van der Waals surface area contributed by atoms with E-state index in [-0.39, 0.29) is 0 Å². The lowest BCUT2D eigenvalue weighted by Crippen LogP contribution is -2.39. The summed E-state index contributed by atoms with van der Waals surface area (Å²) in [6.45, 7) is 5.06. The summed E-state index contributed by atoms with van der Waals surface area (Å²) in [6.07, 6.45) is 7.17. The van der Waals surface area contributed by atoms with E-state index in [0.29, 0.717) is 13.1 Å². The lowest BCUT2D eigenvalue weighted by atomic mass is 10.2. The highest BCUT2D eigenvalue weighted by molar-refractivity contribution is 7.98. The van der Waals surface area contributed by atoms with Crippen molar-refractivity contribution in [2.24, 2.45) is 0 Å². The van der Waals surface area contributed by atoms with Crippen molar-refractivity contribution < 1.29 is 8.42 Å². The molecular formula is C13H31N3O2S2. The predicted molar refractivity (Wildman–Crippen MR) is 89.6 cm³/mol. The van der Waals surface area contributed by atoms with Gasteiger partial charge in [0.2, 0.25) is 0 Å². The third kappa shape index (κ3) is 10.9. The van der Waals surface area contributed by atoms with E-state index in [9.17, 15) is 8.42 Å². The molecular weight excluding hydrogens is 294 g/mol. The van der Waals surface area contributed by atoms with Crippen LogP contribution >= 0.6 is 11.8 Å². The Hall–Kier alpha value is 0.180. The Morgan fingerprint density at radius 2 is 1.80 bits per heavy atom. The maximum atomic E-state index is 11.9. The van der Waals surface area contributed by atoms with Crippen molar-refractivity contribution in [1.82, 2.24) is 14.3 Å². The van der Waals surface area contributed by atoms with Gasteiger partial charge in [-0.15, -0.1) is 0 Å². The van der Waals surface area contributed by atoms with Crippen LogP contribution in [0.15, 0.2) is 0 Å². The summed E-state index contributed by atoms with van der Waals surface area (Å²) in [6, 6.07) is 0. The second-order valence-corrected chi connectivity index (χ2v) is 7.73. The van der Waals surface area contributed by atoms with Crippen molar-refractivity contribution in [2.75, 3.05) is 45.2 Å². The number of nitrogens with one attached hydrogen (secondary N) is 2. The summed E-state index contributed by atoms with van der Waals surface area (Å²) >= 11 is 1.83. The van der Waals surface area contributed by atoms with Crippen molar-refractivity contribution in [3.63, 3.8) is 0 Å². The number of thioether (sulfide) groups is 1. The van der Waals surface area contributed by atoms with Gasteiger partial charge in [-0.3, -0.25) is 0 Å². The zero-order chi connectivity index (χ0) is 15.3. The highest BCUT2D eigenvalue weighted by atomic mass is 32.2. The molecule has 0 rings (SSSR count). The molecule has 0 aliphatic heterocycles. The van der Waals surface area contributed by atoms with Crippen LogP contribution in [-0.2, 0) is 10.2 Å². The zero-order valence-corrected chi connectivity index (χ0v) is 14.8. The molecule has 122 valence electrons. The molecule has 7 heteroatoms. The van der Waals surface area contributed by atoms with E-state index in [1.54, 1.807) is 7.05 Å². The molecule has 0 saturated carbocycles. The molecule has 0 aliphatic rings. The van der Waals surface area contributed by atoms with Gasteiger partial charge in [-0.25, -0.2) is 4.72 Å². The molecule has 5 nitrogen and oxygen atoms in total. The standard InChI is InChI=1S/C13H31N3O2S2/c1-4-9-14-10-8-12-16(2)20(17,18)15-11-6-5-7-13-19-3/h14-15H,4-13H2,1-3H3. The molecule has 0 amide bonds. The zero-order valence-electron chi connectivity index (χ0n) is 13.2. The number of rotatable bonds is 14. The van der Waals surface area contributed by atoms with Gasteiger partial charge in [0.25, 0.3) is 10.2 Å². The van der Waals surface area contributed by atoms with Crippen LogP contribution in [0.2, 0.25) is 0 Å². The molecule has 0 unspecified atom stereocenters. The van der Waals surface area contributed by atoms with Crippen LogP contribution in [0.5, 0.6) is 0 Å². The van der Waals surface area contributed by atoms with Crippen LogP contribution in [0.25, 0.3) is 0 Å². The van der Waals surface area contributed by atoms with Gasteiger partial charge in [-0.1, -0.05) is 13.3 Å². The number of nitrogens with zero attached hydrogens (tertiary/aromatic N) is 1. The van der Waals surface area contributed by atoms with Crippen molar-refractivity contribution in [3.05, 3.63) is 0 Å². The fourth-order valence-electron chi connectivity index (χ4n) is 1.71. The van der Waals surface area contributed by atoms with E-state index in [4.69, 9.17) is 0 Å². The van der Waals surface area contributed by atoms with Crippen LogP contribution < -0.4 is 10.0 Å². The minimum absolute atomic E-state index is 0.537. The molecule has 0 spiro atoms. The van der Waals surface area contributed by atoms with Gasteiger partial charge in [-0.2, -0.15) is 24.5 Å². The average Bonchev–Trinajstić information content (AvgIpc) is 2.42. The number of hydrogen-bond acceptors (Lipinski definition) is 4. The highest BCUT2D eigenvalue weighted by Gasteiger charge is 2.15. The first-order chi connectivity index (χ1) is 9.54. The Balaban J connectivity index is 3.69. The van der Waals surface area contributed by atoms with Crippen LogP contribution in [0.4, 0.5) is 0 Å². The molecule has 0 bridgehead atoms. The SMILES string of the molecule is CCCNCCCN(C)S(=O)(=O)NCCCCCSC. The third-order valence-electron chi connectivity index (χ3n) is 2.97. The van der Waals surface area contributed by atoms with Crippen molar-refractivity contribution >= 4 is 22.0 Å². The monoisotopic (exact) mass is 325 g/mol. The minimum atomic E-state index is -3.30. The van der Waals surface area contributed by atoms with E-state index in [0.717, 1.165) is 50.9 Å². The van der Waals surface area contributed by atoms with E-state index in [1.165, 1.54) is 4.31 Å². The summed E-state index contributed by atoms with van der Waals surface area (Å²) < 4.78 is 27.9. The van der Waals surface area contributed by atoms with Crippen molar-refractivity contribution in [1.29, 1.82) is 0 Å². The molecule has 0 aromatic carbocycles. The Bertz CT molecular complexity index is 311. The first-order valence-corrected chi connectivity index (χ1v) is 10.3. The maximum absolute atomic E-state index is 11.9. The van der Waals surface area contributed by atoms with Gasteiger partial charge in [0.15, 0.2) is 0 Å². The molecule has 0 heterocycles. The average molecular weight is 326 g/mol. The molecule has 2 N–H and O–H groups in total. The first kappa shape index (κ1) is 20.2. The lowest BCUT2D eigenvalue weighted by Gasteiger charge is -2.17. The fraction of sp³-hybridized carbons (Fsp3) is 1.00. The lowest BCUT2D eigenvalue weighted by molar-refractivity contribution is 0.443. The Morgan fingerprint density at radius 3 is 2.45 bits per heavy atom. The van der Waals surface area contributed by atoms with Crippen LogP contribution in [0.3, 0.4) is 0 Å². The van der Waals surface area contributed by atoms with Gasteiger partial charge in [0.05, 0.1) is 0 Å². The van der Waals surface area contributed by atoms with Crippen LogP contribution in [0.1, 0.15) is 39.0 Å². The molecule has 20 heavy (non-hydrogen) atoms. The molecule has 0 saturated heterocycles. The third-order valence-corrected chi connectivity index (χ3v) is 5.24. The Morgan fingerprint density at radius 1 is 1.05 bits per heavy atom. The van der Waals surface area contributed by atoms with E-state index in [1.807, 2.05) is 11.8 Å². The Kier molecular flexibility index (Phi) is 13.0. The van der Waals surface area contributed by atoms with Gasteiger partial charge in [0.1, 0.15) is 0 Å². The van der Waals surface area contributed by atoms with Crippen molar-refractivity contribution in [3.8, 4) is 0 Å². The summed E-state index contributed by atoms with van der Waals surface area (Å²) in [7, 11) is -1.66. The fourth-order valence-corrected chi connectivity index (χ4v) is 3.19. The molecule has 0 atom stereocenters. The molecule has 0 fully saturated rings. The largest absolute Gasteiger partial charge is 0.317 e. The molecule has 0 aromatic rings. The van der Waals surface area contributed by atoms with E-state index < -0.39 is 10.2 Å². The predicted octanol–water partition coefficient (Wildman–Crippen LogP) is 1.68. The minimum Gasteiger partial charge on any atom is -0.317 e. The second-order valence-electron chi connectivity index (χ2n) is 4.88. The quantitative estimate of drug-likeness (QED) is 0.477.